The summed E-state index contributed by atoms with van der Waals surface area (Å²) < 4.78 is 54.6. The van der Waals surface area contributed by atoms with E-state index in [0.717, 1.165) is 31.5 Å². The Hall–Kier alpha value is -3.55. The summed E-state index contributed by atoms with van der Waals surface area (Å²) in [7, 11) is -3.26. The zero-order valence-electron chi connectivity index (χ0n) is 20.0. The highest BCUT2D eigenvalue weighted by Gasteiger charge is 2.66. The Bertz CT molecular complexity index is 1490. The van der Waals surface area contributed by atoms with Gasteiger partial charge in [-0.2, -0.15) is 0 Å². The topological polar surface area (TPSA) is 160 Å². The highest BCUT2D eigenvalue weighted by molar-refractivity contribution is 7.36. The molecule has 2 aromatic carbocycles. The smallest absolute Gasteiger partial charge is 0.480 e. The van der Waals surface area contributed by atoms with Crippen LogP contribution < -0.4 is 16.1 Å². The van der Waals surface area contributed by atoms with E-state index in [9.17, 15) is 29.2 Å². The summed E-state index contributed by atoms with van der Waals surface area (Å²) in [5.74, 6) is -4.64. The van der Waals surface area contributed by atoms with Gasteiger partial charge in [0.15, 0.2) is 36.4 Å². The number of nitrogens with zero attached hydrogens (tertiary/aromatic N) is 2. The number of aliphatic hydroxyl groups excluding tert-OH is 1. The van der Waals surface area contributed by atoms with Crippen molar-refractivity contribution in [3.8, 4) is 5.75 Å². The van der Waals surface area contributed by atoms with Gasteiger partial charge in [0, 0.05) is 17.6 Å². The molecule has 6 atom stereocenters. The predicted molar refractivity (Wildman–Crippen MR) is 128 cm³/mol. The highest BCUT2D eigenvalue weighted by atomic mass is 31.1. The Morgan fingerprint density at radius 2 is 1.92 bits per heavy atom. The molecule has 202 valence electrons. The molecule has 38 heavy (non-hydrogen) atoms. The van der Waals surface area contributed by atoms with Gasteiger partial charge in [0.1, 0.15) is 4.83 Å². The number of carboxylic acids is 1. The molecule has 2 heterocycles. The van der Waals surface area contributed by atoms with Crippen LogP contribution in [0.5, 0.6) is 5.75 Å². The number of aromatic nitrogens is 2. The lowest BCUT2D eigenvalue weighted by Gasteiger charge is -2.24. The van der Waals surface area contributed by atoms with Gasteiger partial charge in [0.25, 0.3) is 11.4 Å². The molecule has 3 N–H and O–H groups in total. The molecular weight excluding hydrogens is 531 g/mol. The molecule has 12 nitrogen and oxygen atoms in total. The van der Waals surface area contributed by atoms with Crippen LogP contribution in [0.3, 0.4) is 0 Å². The summed E-state index contributed by atoms with van der Waals surface area (Å²) in [6, 6.07) is 11.1. The lowest BCUT2D eigenvalue weighted by Crippen LogP contribution is -2.47. The van der Waals surface area contributed by atoms with Gasteiger partial charge in [0.05, 0.1) is 0 Å². The van der Waals surface area contributed by atoms with E-state index in [1.54, 1.807) is 36.4 Å². The zero-order valence-corrected chi connectivity index (χ0v) is 20.9. The van der Waals surface area contributed by atoms with Crippen molar-refractivity contribution < 1.29 is 42.5 Å². The van der Waals surface area contributed by atoms with E-state index in [1.807, 2.05) is 4.98 Å². The second-order valence-electron chi connectivity index (χ2n) is 8.72. The van der Waals surface area contributed by atoms with Crippen molar-refractivity contribution in [2.24, 2.45) is 0 Å². The van der Waals surface area contributed by atoms with Crippen LogP contribution in [0, 0.1) is 0 Å². The van der Waals surface area contributed by atoms with Crippen LogP contribution in [-0.4, -0.2) is 60.8 Å². The number of H-pyrrole nitrogens is 1. The molecule has 0 bridgehead atoms. The lowest BCUT2D eigenvalue weighted by atomic mass is 9.97. The average Bonchev–Trinajstić information content (AvgIpc) is 3.05. The number of aliphatic carboxylic acids is 1. The number of nitrogens with one attached hydrogen (secondary N) is 1. The number of hydroxylamine groups is 1. The molecule has 1 aliphatic heterocycles. The maximum atomic E-state index is 15.6. The van der Waals surface area contributed by atoms with Crippen molar-refractivity contribution >= 4 is 24.9 Å². The van der Waals surface area contributed by atoms with Crippen LogP contribution in [0.2, 0.25) is 0 Å². The minimum atomic E-state index is -3.33. The van der Waals surface area contributed by atoms with Gasteiger partial charge in [-0.25, -0.2) is 13.6 Å². The van der Waals surface area contributed by atoms with E-state index in [0.29, 0.717) is 14.8 Å². The Labute approximate surface area is 213 Å². The Morgan fingerprint density at radius 3 is 2.61 bits per heavy atom. The molecule has 1 fully saturated rings. The number of ether oxygens (including phenoxy) is 1. The molecule has 0 saturated carbocycles. The minimum absolute atomic E-state index is 0.129. The number of aliphatic hydroxyl groups is 1. The molecule has 1 aromatic heterocycles. The van der Waals surface area contributed by atoms with Gasteiger partial charge in [0.2, 0.25) is 0 Å². The van der Waals surface area contributed by atoms with Gasteiger partial charge in [-0.15, -0.1) is 4.52 Å². The molecule has 15 heteroatoms. The van der Waals surface area contributed by atoms with Gasteiger partial charge < -0.3 is 19.8 Å². The number of alkyl halides is 2. The molecule has 4 rings (SSSR count). The van der Waals surface area contributed by atoms with Crippen LogP contribution in [0.4, 0.5) is 8.78 Å². The van der Waals surface area contributed by atoms with Crippen molar-refractivity contribution in [1.82, 2.24) is 14.4 Å². The van der Waals surface area contributed by atoms with Crippen molar-refractivity contribution in [3.05, 3.63) is 75.6 Å². The van der Waals surface area contributed by atoms with E-state index < -0.39 is 61.9 Å². The van der Waals surface area contributed by atoms with E-state index in [2.05, 4.69) is 0 Å². The Morgan fingerprint density at radius 1 is 1.24 bits per heavy atom. The van der Waals surface area contributed by atoms with Crippen molar-refractivity contribution in [3.63, 3.8) is 0 Å². The van der Waals surface area contributed by atoms with Crippen LogP contribution in [0.1, 0.15) is 20.1 Å². The number of hydrogen-bond donors (Lipinski definition) is 3. The van der Waals surface area contributed by atoms with Gasteiger partial charge >= 0.3 is 19.8 Å². The number of carboxylic acid groups (broad SMARTS) is 1. The first-order chi connectivity index (χ1) is 17.8. The zero-order chi connectivity index (χ0) is 27.8. The van der Waals surface area contributed by atoms with Gasteiger partial charge in [-0.1, -0.05) is 36.4 Å². The first kappa shape index (κ1) is 27.5. The lowest BCUT2D eigenvalue weighted by molar-refractivity contribution is -0.204. The normalized spacial score (nSPS) is 26.4. The SMILES string of the molecule is CC(C(=O)O)N(Oc1cccc2ccccc12)[P+](=O)OC[C@@]1(F)O[C@@H](n2ccc(=O)[nH]c2=O)[C@](C)(F)[C@@H]1O. The third-order valence-corrected chi connectivity index (χ3v) is 7.10. The highest BCUT2D eigenvalue weighted by Crippen LogP contribution is 2.48. The van der Waals surface area contributed by atoms with Crippen LogP contribution in [0.25, 0.3) is 10.8 Å². The maximum Gasteiger partial charge on any atom is 0.653 e. The van der Waals surface area contributed by atoms with Crippen molar-refractivity contribution in [1.29, 1.82) is 0 Å². The summed E-state index contributed by atoms with van der Waals surface area (Å²) in [6.45, 7) is 0.580. The number of aromatic amines is 1. The number of halogens is 2. The molecule has 0 radical (unpaired) electrons. The third-order valence-electron chi connectivity index (χ3n) is 6.00. The van der Waals surface area contributed by atoms with E-state index in [-0.39, 0.29) is 5.75 Å². The van der Waals surface area contributed by atoms with Crippen LogP contribution >= 0.6 is 8.18 Å². The van der Waals surface area contributed by atoms with E-state index in [1.165, 1.54) is 6.07 Å². The third kappa shape index (κ3) is 5.08. The average molecular weight is 554 g/mol. The number of benzene rings is 2. The van der Waals surface area contributed by atoms with Crippen molar-refractivity contribution in [2.75, 3.05) is 6.61 Å². The molecule has 3 aromatic rings. The summed E-state index contributed by atoms with van der Waals surface area (Å²) in [6.07, 6.45) is -3.71. The molecule has 1 saturated heterocycles. The van der Waals surface area contributed by atoms with Gasteiger partial charge in [-0.05, 0) is 29.9 Å². The quantitative estimate of drug-likeness (QED) is 0.265. The fourth-order valence-electron chi connectivity index (χ4n) is 3.90. The largest absolute Gasteiger partial charge is 0.653 e. The Balaban J connectivity index is 1.57. The molecular formula is C23H23F2N3O9P+. The minimum Gasteiger partial charge on any atom is -0.480 e. The number of carbonyl (C=O) groups is 1. The predicted octanol–water partition coefficient (Wildman–Crippen LogP) is 2.42. The standard InChI is InChI=1S/C23H22F2N3O9P/c1-13(18(30)31)28(37-16-9-5-7-14-6-3-4-8-15(14)16)38(34)35-12-23(25)19(32)22(2,24)20(36-23)27-11-10-17(29)26-21(27)33/h3-11,13,19-20,32H,12H2,1-2H3,(H-,26,29,30,31,33)/p+1/t13?,19-,20+,22+,23+/m0/s1. The van der Waals surface area contributed by atoms with E-state index >= 15 is 8.78 Å². The molecule has 2 unspecified atom stereocenters. The second kappa shape index (κ2) is 10.3. The summed E-state index contributed by atoms with van der Waals surface area (Å²) >= 11 is 0. The maximum absolute atomic E-state index is 15.6. The van der Waals surface area contributed by atoms with Gasteiger partial charge in [-0.3, -0.25) is 19.1 Å². The number of rotatable bonds is 9. The fraction of sp³-hybridized carbons (Fsp3) is 0.348. The second-order valence-corrected chi connectivity index (χ2v) is 9.85. The van der Waals surface area contributed by atoms with Crippen LogP contribution in [-0.2, 0) is 18.6 Å². The first-order valence-electron chi connectivity index (χ1n) is 11.2. The van der Waals surface area contributed by atoms with Crippen LogP contribution in [0.15, 0.2) is 64.3 Å². The first-order valence-corrected chi connectivity index (χ1v) is 12.3. The molecule has 0 spiro atoms. The number of fused-ring (bicyclic) bond motifs is 1. The number of hydrogen-bond acceptors (Lipinski definition) is 8. The molecule has 0 aliphatic carbocycles. The molecule has 1 aliphatic rings. The fourth-order valence-corrected chi connectivity index (χ4v) is 4.84. The molecule has 0 amide bonds. The van der Waals surface area contributed by atoms with E-state index in [4.69, 9.17) is 14.1 Å². The summed E-state index contributed by atoms with van der Waals surface area (Å²) in [4.78, 5) is 43.0. The monoisotopic (exact) mass is 554 g/mol. The summed E-state index contributed by atoms with van der Waals surface area (Å²) in [5.41, 5.74) is -4.82. The van der Waals surface area contributed by atoms with Crippen molar-refractivity contribution in [2.45, 2.75) is 43.7 Å². The summed E-state index contributed by atoms with van der Waals surface area (Å²) in [5, 5.41) is 21.2. The Kier molecular flexibility index (Phi) is 7.46.